The van der Waals surface area contributed by atoms with Crippen molar-refractivity contribution >= 4 is 0 Å². The normalized spacial score (nSPS) is 35.6. The van der Waals surface area contributed by atoms with Crippen LogP contribution in [0.15, 0.2) is 0 Å². The highest BCUT2D eigenvalue weighted by atomic mass is 16.5. The second-order valence-electron chi connectivity index (χ2n) is 5.79. The number of ether oxygens (including phenoxy) is 1. The summed E-state index contributed by atoms with van der Waals surface area (Å²) < 4.78 is 5.71. The van der Waals surface area contributed by atoms with Crippen LogP contribution < -0.4 is 5.73 Å². The zero-order valence-corrected chi connectivity index (χ0v) is 11.5. The molecule has 0 aromatic carbocycles. The highest BCUT2D eigenvalue weighted by Gasteiger charge is 2.42. The minimum absolute atomic E-state index is 0.210. The molecule has 2 aliphatic rings. The van der Waals surface area contributed by atoms with E-state index in [0.29, 0.717) is 6.10 Å². The van der Waals surface area contributed by atoms with E-state index < -0.39 is 0 Å². The van der Waals surface area contributed by atoms with Crippen molar-refractivity contribution in [2.24, 2.45) is 5.73 Å². The molecule has 2 unspecified atom stereocenters. The molecule has 17 heavy (non-hydrogen) atoms. The van der Waals surface area contributed by atoms with Gasteiger partial charge in [0.15, 0.2) is 0 Å². The van der Waals surface area contributed by atoms with Crippen LogP contribution in [0, 0.1) is 0 Å². The largest absolute Gasteiger partial charge is 0.378 e. The number of hydrogen-bond acceptors (Lipinski definition) is 3. The monoisotopic (exact) mass is 240 g/mol. The summed E-state index contributed by atoms with van der Waals surface area (Å²) in [6.45, 7) is 7.27. The van der Waals surface area contributed by atoms with Gasteiger partial charge >= 0.3 is 0 Å². The van der Waals surface area contributed by atoms with Crippen molar-refractivity contribution in [2.45, 2.75) is 70.1 Å². The average molecular weight is 240 g/mol. The van der Waals surface area contributed by atoms with Crippen molar-refractivity contribution in [1.29, 1.82) is 0 Å². The third kappa shape index (κ3) is 2.67. The molecule has 1 heterocycles. The van der Waals surface area contributed by atoms with E-state index in [0.717, 1.165) is 38.6 Å². The molecule has 2 N–H and O–H groups in total. The third-order valence-electron chi connectivity index (χ3n) is 4.73. The van der Waals surface area contributed by atoms with Gasteiger partial charge in [-0.1, -0.05) is 19.8 Å². The first kappa shape index (κ1) is 13.3. The summed E-state index contributed by atoms with van der Waals surface area (Å²) >= 11 is 0. The van der Waals surface area contributed by atoms with Gasteiger partial charge in [0, 0.05) is 24.7 Å². The summed E-state index contributed by atoms with van der Waals surface area (Å²) in [5.41, 5.74) is 6.36. The van der Waals surface area contributed by atoms with Gasteiger partial charge in [0.05, 0.1) is 6.10 Å². The molecule has 0 spiro atoms. The maximum Gasteiger partial charge on any atom is 0.0565 e. The maximum atomic E-state index is 6.15. The summed E-state index contributed by atoms with van der Waals surface area (Å²) in [5, 5.41) is 0. The van der Waals surface area contributed by atoms with E-state index in [1.54, 1.807) is 0 Å². The minimum atomic E-state index is 0.210. The van der Waals surface area contributed by atoms with Gasteiger partial charge in [-0.25, -0.2) is 0 Å². The van der Waals surface area contributed by atoms with Gasteiger partial charge in [-0.3, -0.25) is 4.90 Å². The van der Waals surface area contributed by atoms with E-state index in [4.69, 9.17) is 10.5 Å². The van der Waals surface area contributed by atoms with Crippen LogP contribution in [0.3, 0.4) is 0 Å². The summed E-state index contributed by atoms with van der Waals surface area (Å²) in [4.78, 5) is 2.71. The molecule has 3 heteroatoms. The lowest BCUT2D eigenvalue weighted by molar-refractivity contribution is -0.0750. The number of rotatable bonds is 4. The van der Waals surface area contributed by atoms with Gasteiger partial charge in [-0.2, -0.15) is 0 Å². The lowest BCUT2D eigenvalue weighted by Crippen LogP contribution is -2.60. The van der Waals surface area contributed by atoms with Crippen molar-refractivity contribution < 1.29 is 4.74 Å². The van der Waals surface area contributed by atoms with Gasteiger partial charge in [0.1, 0.15) is 0 Å². The summed E-state index contributed by atoms with van der Waals surface area (Å²) in [7, 11) is 0. The zero-order valence-electron chi connectivity index (χ0n) is 11.5. The Kier molecular flexibility index (Phi) is 4.45. The summed E-state index contributed by atoms with van der Waals surface area (Å²) in [6.07, 6.45) is 8.10. The number of hydrogen-bond donors (Lipinski definition) is 1. The van der Waals surface area contributed by atoms with Crippen LogP contribution in [0.25, 0.3) is 0 Å². The molecule has 1 saturated heterocycles. The van der Waals surface area contributed by atoms with Crippen molar-refractivity contribution in [3.05, 3.63) is 0 Å². The van der Waals surface area contributed by atoms with Gasteiger partial charge in [0.25, 0.3) is 0 Å². The molecule has 0 bridgehead atoms. The number of nitrogens with two attached hydrogens (primary N) is 1. The fourth-order valence-electron chi connectivity index (χ4n) is 3.91. The van der Waals surface area contributed by atoms with Crippen molar-refractivity contribution in [3.63, 3.8) is 0 Å². The third-order valence-corrected chi connectivity index (χ3v) is 4.73. The fraction of sp³-hybridized carbons (Fsp3) is 1.00. The molecular weight excluding hydrogens is 212 g/mol. The Balaban J connectivity index is 2.12. The van der Waals surface area contributed by atoms with E-state index in [-0.39, 0.29) is 5.54 Å². The predicted octanol–water partition coefficient (Wildman–Crippen LogP) is 2.15. The van der Waals surface area contributed by atoms with E-state index in [1.807, 2.05) is 0 Å². The molecule has 2 fully saturated rings. The Morgan fingerprint density at radius 2 is 2.06 bits per heavy atom. The standard InChI is InChI=1S/C14H28N2O/c1-3-16(13-6-4-5-7-13)14(11-15)8-9-17-12(2)10-14/h12-13H,3-11,15H2,1-2H3. The highest BCUT2D eigenvalue weighted by Crippen LogP contribution is 2.36. The smallest absolute Gasteiger partial charge is 0.0565 e. The van der Waals surface area contributed by atoms with Crippen molar-refractivity contribution in [3.8, 4) is 0 Å². The van der Waals surface area contributed by atoms with Crippen LogP contribution in [0.1, 0.15) is 52.4 Å². The second kappa shape index (κ2) is 5.68. The first-order chi connectivity index (χ1) is 8.22. The lowest BCUT2D eigenvalue weighted by Gasteiger charge is -2.50. The molecular formula is C14H28N2O. The number of nitrogens with zero attached hydrogens (tertiary/aromatic N) is 1. The van der Waals surface area contributed by atoms with E-state index in [2.05, 4.69) is 18.7 Å². The SMILES string of the molecule is CCN(C1CCCC1)C1(CN)CCOC(C)C1. The molecule has 0 aromatic heterocycles. The minimum Gasteiger partial charge on any atom is -0.378 e. The van der Waals surface area contributed by atoms with E-state index in [1.165, 1.54) is 25.7 Å². The molecule has 0 amide bonds. The molecule has 3 nitrogen and oxygen atoms in total. The van der Waals surface area contributed by atoms with Gasteiger partial charge in [-0.05, 0) is 39.2 Å². The molecule has 1 aliphatic heterocycles. The Bertz CT molecular complexity index is 240. The van der Waals surface area contributed by atoms with Gasteiger partial charge in [-0.15, -0.1) is 0 Å². The van der Waals surface area contributed by atoms with Crippen LogP contribution in [0.2, 0.25) is 0 Å². The van der Waals surface area contributed by atoms with Crippen LogP contribution in [-0.4, -0.2) is 42.3 Å². The second-order valence-corrected chi connectivity index (χ2v) is 5.79. The molecule has 1 aliphatic carbocycles. The molecule has 2 rings (SSSR count). The van der Waals surface area contributed by atoms with Gasteiger partial charge in [0.2, 0.25) is 0 Å². The first-order valence-electron chi connectivity index (χ1n) is 7.30. The lowest BCUT2D eigenvalue weighted by atomic mass is 9.83. The summed E-state index contributed by atoms with van der Waals surface area (Å²) in [5.74, 6) is 0. The predicted molar refractivity (Wildman–Crippen MR) is 71.1 cm³/mol. The van der Waals surface area contributed by atoms with E-state index in [9.17, 15) is 0 Å². The fourth-order valence-corrected chi connectivity index (χ4v) is 3.91. The summed E-state index contributed by atoms with van der Waals surface area (Å²) in [6, 6.07) is 0.772. The number of likely N-dealkylation sites (N-methyl/N-ethyl adjacent to an activating group) is 1. The Labute approximate surface area is 106 Å². The molecule has 0 aromatic rings. The van der Waals surface area contributed by atoms with Crippen LogP contribution >= 0.6 is 0 Å². The van der Waals surface area contributed by atoms with Gasteiger partial charge < -0.3 is 10.5 Å². The maximum absolute atomic E-state index is 6.15. The Hall–Kier alpha value is -0.120. The van der Waals surface area contributed by atoms with Crippen LogP contribution in [0.4, 0.5) is 0 Å². The quantitative estimate of drug-likeness (QED) is 0.818. The van der Waals surface area contributed by atoms with Crippen molar-refractivity contribution in [1.82, 2.24) is 4.90 Å². The topological polar surface area (TPSA) is 38.5 Å². The molecule has 0 radical (unpaired) electrons. The first-order valence-corrected chi connectivity index (χ1v) is 7.30. The highest BCUT2D eigenvalue weighted by molar-refractivity contribution is 4.98. The van der Waals surface area contributed by atoms with Crippen molar-refractivity contribution in [2.75, 3.05) is 19.7 Å². The Morgan fingerprint density at radius 3 is 2.59 bits per heavy atom. The van der Waals surface area contributed by atoms with E-state index >= 15 is 0 Å². The molecule has 1 saturated carbocycles. The molecule has 100 valence electrons. The average Bonchev–Trinajstić information content (AvgIpc) is 2.83. The van der Waals surface area contributed by atoms with Crippen LogP contribution in [-0.2, 0) is 4.74 Å². The Morgan fingerprint density at radius 1 is 1.35 bits per heavy atom. The van der Waals surface area contributed by atoms with Crippen LogP contribution in [0.5, 0.6) is 0 Å². The molecule has 2 atom stereocenters. The zero-order chi connectivity index (χ0) is 12.3.